The maximum atomic E-state index is 6.04. The van der Waals surface area contributed by atoms with Gasteiger partial charge in [-0.2, -0.15) is 9.78 Å². The zero-order valence-electron chi connectivity index (χ0n) is 25.6. The summed E-state index contributed by atoms with van der Waals surface area (Å²) in [7, 11) is 0. The van der Waals surface area contributed by atoms with E-state index in [1.165, 1.54) is 33.4 Å². The Hall–Kier alpha value is -2.48. The number of hydrogen-bond donors (Lipinski definition) is 0. The molecule has 0 aromatic heterocycles. The standard InChI is InChI=1S/C34H46O4/c1-21-15-25-17-31(5,6)19-27(25)29(23(21)3)35-37-33(9,10)13-14-34(11,12)38-36-30-24(4)22(2)16-26-18-32(7,8)20-28(26)30/h15-16H,17-20H2,1-12H3. The normalized spacial score (nSPS) is 17.5. The van der Waals surface area contributed by atoms with Crippen LogP contribution in [0.25, 0.3) is 0 Å². The molecule has 0 spiro atoms. The summed E-state index contributed by atoms with van der Waals surface area (Å²) in [5, 5.41) is 0. The third-order valence-corrected chi connectivity index (χ3v) is 7.95. The highest BCUT2D eigenvalue weighted by molar-refractivity contribution is 5.53. The number of benzene rings is 2. The van der Waals surface area contributed by atoms with E-state index in [2.05, 4.69) is 79.4 Å². The Morgan fingerprint density at radius 2 is 0.947 bits per heavy atom. The van der Waals surface area contributed by atoms with Crippen LogP contribution >= 0.6 is 0 Å². The molecule has 206 valence electrons. The number of rotatable bonds is 6. The van der Waals surface area contributed by atoms with Crippen LogP contribution in [0.4, 0.5) is 0 Å². The summed E-state index contributed by atoms with van der Waals surface area (Å²) in [5.41, 5.74) is 8.65. The molecule has 2 aromatic rings. The minimum atomic E-state index is -0.845. The first-order chi connectivity index (χ1) is 17.4. The lowest BCUT2D eigenvalue weighted by atomic mass is 9.90. The molecular formula is C34H46O4. The minimum absolute atomic E-state index is 0.225. The molecule has 4 nitrogen and oxygen atoms in total. The molecule has 2 aliphatic rings. The van der Waals surface area contributed by atoms with E-state index in [1.54, 1.807) is 0 Å². The molecule has 0 N–H and O–H groups in total. The minimum Gasteiger partial charge on any atom is -0.335 e. The second-order valence-electron chi connectivity index (χ2n) is 14.2. The topological polar surface area (TPSA) is 36.9 Å². The molecule has 0 unspecified atom stereocenters. The summed E-state index contributed by atoms with van der Waals surface area (Å²) < 4.78 is 0. The zero-order chi connectivity index (χ0) is 28.3. The van der Waals surface area contributed by atoms with Gasteiger partial charge < -0.3 is 9.78 Å². The van der Waals surface area contributed by atoms with Gasteiger partial charge in [0.15, 0.2) is 22.7 Å². The summed E-state index contributed by atoms with van der Waals surface area (Å²) in [4.78, 5) is 24.0. The molecule has 0 atom stereocenters. The summed E-state index contributed by atoms with van der Waals surface area (Å²) in [6.45, 7) is 25.3. The van der Waals surface area contributed by atoms with E-state index in [1.807, 2.05) is 27.7 Å². The predicted molar refractivity (Wildman–Crippen MR) is 154 cm³/mol. The molecule has 0 radical (unpaired) electrons. The maximum absolute atomic E-state index is 6.04. The van der Waals surface area contributed by atoms with Gasteiger partial charge in [0.25, 0.3) is 0 Å². The van der Waals surface area contributed by atoms with Crippen LogP contribution in [-0.2, 0) is 35.5 Å². The van der Waals surface area contributed by atoms with Crippen molar-refractivity contribution in [1.82, 2.24) is 0 Å². The van der Waals surface area contributed by atoms with Gasteiger partial charge in [0.2, 0.25) is 0 Å². The fourth-order valence-corrected chi connectivity index (χ4v) is 5.69. The van der Waals surface area contributed by atoms with E-state index < -0.39 is 11.2 Å². The van der Waals surface area contributed by atoms with E-state index in [9.17, 15) is 0 Å². The van der Waals surface area contributed by atoms with Crippen LogP contribution in [0.5, 0.6) is 11.5 Å². The van der Waals surface area contributed by atoms with E-state index in [4.69, 9.17) is 19.6 Å². The number of aryl methyl sites for hydroxylation is 2. The third-order valence-electron chi connectivity index (χ3n) is 7.95. The van der Waals surface area contributed by atoms with Gasteiger partial charge >= 0.3 is 0 Å². The van der Waals surface area contributed by atoms with Crippen LogP contribution < -0.4 is 9.78 Å². The van der Waals surface area contributed by atoms with Gasteiger partial charge in [-0.15, -0.1) is 0 Å². The molecule has 2 aliphatic carbocycles. The Balaban J connectivity index is 1.47. The lowest BCUT2D eigenvalue weighted by Crippen LogP contribution is -2.29. The Morgan fingerprint density at radius 1 is 0.605 bits per heavy atom. The van der Waals surface area contributed by atoms with Crippen molar-refractivity contribution in [3.63, 3.8) is 0 Å². The van der Waals surface area contributed by atoms with Gasteiger partial charge in [0.1, 0.15) is 0 Å². The van der Waals surface area contributed by atoms with Crippen molar-refractivity contribution < 1.29 is 19.6 Å². The van der Waals surface area contributed by atoms with Crippen LogP contribution in [0.3, 0.4) is 0 Å². The molecule has 4 rings (SSSR count). The van der Waals surface area contributed by atoms with Crippen molar-refractivity contribution in [3.05, 3.63) is 56.6 Å². The second-order valence-corrected chi connectivity index (χ2v) is 14.2. The van der Waals surface area contributed by atoms with Crippen molar-refractivity contribution in [2.75, 3.05) is 0 Å². The predicted octanol–water partition coefficient (Wildman–Crippen LogP) is 8.05. The van der Waals surface area contributed by atoms with E-state index in [-0.39, 0.29) is 10.8 Å². The van der Waals surface area contributed by atoms with Gasteiger partial charge in [-0.3, -0.25) is 0 Å². The largest absolute Gasteiger partial charge is 0.335 e. The van der Waals surface area contributed by atoms with E-state index in [0.29, 0.717) is 0 Å². The molecule has 0 fully saturated rings. The van der Waals surface area contributed by atoms with Crippen LogP contribution in [-0.4, -0.2) is 11.2 Å². The summed E-state index contributed by atoms with van der Waals surface area (Å²) in [5.74, 6) is 8.10. The smallest absolute Gasteiger partial charge is 0.172 e. The van der Waals surface area contributed by atoms with Crippen molar-refractivity contribution in [2.24, 2.45) is 10.8 Å². The van der Waals surface area contributed by atoms with Crippen molar-refractivity contribution in [2.45, 2.75) is 120 Å². The molecular weight excluding hydrogens is 472 g/mol. The Kier molecular flexibility index (Phi) is 7.22. The SMILES string of the molecule is Cc1cc2c(c(OOC(C)(C)C#CC(C)(C)OOc3c(C)c(C)cc4c3CC(C)(C)C4)c1C)CC(C)(C)C2. The Morgan fingerprint density at radius 3 is 1.29 bits per heavy atom. The highest BCUT2D eigenvalue weighted by atomic mass is 17.2. The fourth-order valence-electron chi connectivity index (χ4n) is 5.69. The van der Waals surface area contributed by atoms with Gasteiger partial charge in [0.05, 0.1) is 0 Å². The summed E-state index contributed by atoms with van der Waals surface area (Å²) in [6, 6.07) is 4.59. The molecule has 0 saturated carbocycles. The first kappa shape index (κ1) is 28.5. The van der Waals surface area contributed by atoms with E-state index in [0.717, 1.165) is 48.3 Å². The lowest BCUT2D eigenvalue weighted by Gasteiger charge is -2.23. The van der Waals surface area contributed by atoms with Gasteiger partial charge in [-0.25, -0.2) is 0 Å². The Labute approximate surface area is 230 Å². The fraction of sp³-hybridized carbons (Fsp3) is 0.588. The van der Waals surface area contributed by atoms with Crippen molar-refractivity contribution in [1.29, 1.82) is 0 Å². The first-order valence-corrected chi connectivity index (χ1v) is 13.9. The quantitative estimate of drug-likeness (QED) is 0.220. The molecule has 0 amide bonds. The molecule has 0 bridgehead atoms. The van der Waals surface area contributed by atoms with Crippen molar-refractivity contribution in [3.8, 4) is 23.3 Å². The van der Waals surface area contributed by atoms with Crippen LogP contribution in [0.2, 0.25) is 0 Å². The molecule has 0 aliphatic heterocycles. The molecule has 4 heteroatoms. The second kappa shape index (κ2) is 9.61. The highest BCUT2D eigenvalue weighted by Gasteiger charge is 2.35. The zero-order valence-corrected chi connectivity index (χ0v) is 25.6. The number of hydrogen-bond acceptors (Lipinski definition) is 4. The summed E-state index contributed by atoms with van der Waals surface area (Å²) >= 11 is 0. The molecule has 38 heavy (non-hydrogen) atoms. The van der Waals surface area contributed by atoms with Gasteiger partial charge in [-0.05, 0) is 125 Å². The maximum Gasteiger partial charge on any atom is 0.172 e. The Bertz CT molecular complexity index is 1220. The first-order valence-electron chi connectivity index (χ1n) is 13.9. The monoisotopic (exact) mass is 518 g/mol. The van der Waals surface area contributed by atoms with Gasteiger partial charge in [0, 0.05) is 11.1 Å². The van der Waals surface area contributed by atoms with Gasteiger partial charge in [-0.1, -0.05) is 51.7 Å². The lowest BCUT2D eigenvalue weighted by molar-refractivity contribution is -0.265. The van der Waals surface area contributed by atoms with Crippen LogP contribution in [0, 0.1) is 50.4 Å². The average molecular weight is 519 g/mol. The molecule has 2 aromatic carbocycles. The third kappa shape index (κ3) is 6.05. The van der Waals surface area contributed by atoms with E-state index >= 15 is 0 Å². The molecule has 0 saturated heterocycles. The summed E-state index contributed by atoms with van der Waals surface area (Å²) in [6.07, 6.45) is 4.06. The highest BCUT2D eigenvalue weighted by Crippen LogP contribution is 2.45. The number of fused-ring (bicyclic) bond motifs is 2. The van der Waals surface area contributed by atoms with Crippen molar-refractivity contribution >= 4 is 0 Å². The van der Waals surface area contributed by atoms with Crippen LogP contribution in [0.15, 0.2) is 12.1 Å². The van der Waals surface area contributed by atoms with Crippen LogP contribution in [0.1, 0.15) is 99.9 Å². The molecule has 0 heterocycles. The average Bonchev–Trinajstić information content (AvgIpc) is 3.26.